The molecule has 446 valence electrons. The van der Waals surface area contributed by atoms with Crippen molar-refractivity contribution < 1.29 is 30.9 Å². The first kappa shape index (κ1) is 83.9. The first-order chi connectivity index (χ1) is 32.1. The van der Waals surface area contributed by atoms with Gasteiger partial charge < -0.3 is 4.52 Å². The Hall–Kier alpha value is -1.41. The molecule has 10 heteroatoms. The van der Waals surface area contributed by atoms with Crippen molar-refractivity contribution in [2.45, 2.75) is 314 Å². The predicted octanol–water partition coefficient (Wildman–Crippen LogP) is 25.4. The van der Waals surface area contributed by atoms with Gasteiger partial charge in [-0.25, -0.2) is 0 Å². The Kier molecular flexibility index (Phi) is 40.0. The molecule has 1 aliphatic rings. The molecule has 0 N–H and O–H groups in total. The molecule has 2 nitrogen and oxygen atoms in total. The number of aromatic nitrogens is 1. The number of nitrogens with zero attached hydrogens (tertiary/aromatic N) is 1. The molecule has 0 bridgehead atoms. The standard InChI is InChI=1S/C11H13F3.C9H15NO.C8H18.C7H14.C7H16.C6H11F3.C6H14.C5H10Cl2.C5H12/c1-10(2,3)8-6-4-5-7-9(8)11(12,13)14;1-6-8(9(3,4)5)7(2)11-10-6;1-5-6-7-8(2,3)4;1-7(2,3)6-4-5-6;1-5-6-7(2,3)4;1-5(2,3)4-6(7,8)9;1-5-6(2,3)4;1-5(2,3)4(6)7;1-5(2,3)4/h4-7H,1-3H3;1-5H3;5-7H2,1-4H3;6H,4-5H2,1-3H3;5-6H2,1-4H3;4H2,1-3H3;5H2,1-4H3;4H,1-3H3;1-4H3. The van der Waals surface area contributed by atoms with Crippen LogP contribution < -0.4 is 0 Å². The van der Waals surface area contributed by atoms with Gasteiger partial charge in [-0.2, -0.15) is 26.3 Å². The largest absolute Gasteiger partial charge is 0.416 e. The molecule has 3 rings (SSSR count). The minimum atomic E-state index is -4.26. The molecular weight excluding hydrogens is 984 g/mol. The summed E-state index contributed by atoms with van der Waals surface area (Å²) in [7, 11) is 0. The van der Waals surface area contributed by atoms with Gasteiger partial charge in [0.1, 0.15) is 10.6 Å². The minimum Gasteiger partial charge on any atom is -0.361 e. The van der Waals surface area contributed by atoms with Crippen LogP contribution >= 0.6 is 23.2 Å². The number of aryl methyl sites for hydroxylation is 2. The number of benzene rings is 1. The number of unbranched alkanes of at least 4 members (excludes halogenated alkanes) is 1. The van der Waals surface area contributed by atoms with Crippen molar-refractivity contribution in [3.8, 4) is 0 Å². The SMILES string of the molecule is CC(C)(C)C.CC(C)(C)C(Cl)Cl.CC(C)(C)C1CC1.CC(C)(C)CC(F)(F)F.CC(C)(C)c1ccccc1C(F)(F)F.CCC(C)(C)C.CCCC(C)(C)C.CCCCC(C)(C)C.Cc1noc(C)c1C(C)(C)C. The van der Waals surface area contributed by atoms with Crippen molar-refractivity contribution in [3.63, 3.8) is 0 Å². The van der Waals surface area contributed by atoms with Gasteiger partial charge in [0.2, 0.25) is 0 Å². The van der Waals surface area contributed by atoms with Gasteiger partial charge >= 0.3 is 12.4 Å². The van der Waals surface area contributed by atoms with E-state index in [1.807, 2.05) is 34.6 Å². The van der Waals surface area contributed by atoms with Gasteiger partial charge in [0.25, 0.3) is 0 Å². The summed E-state index contributed by atoms with van der Waals surface area (Å²) in [6.07, 6.45) is 1.96. The summed E-state index contributed by atoms with van der Waals surface area (Å²) in [5, 5.41) is 3.91. The highest BCUT2D eigenvalue weighted by molar-refractivity contribution is 6.44. The van der Waals surface area contributed by atoms with E-state index >= 15 is 0 Å². The summed E-state index contributed by atoms with van der Waals surface area (Å²) in [5.74, 6) is 1.99. The van der Waals surface area contributed by atoms with Gasteiger partial charge in [-0.1, -0.05) is 264 Å². The van der Waals surface area contributed by atoms with Crippen molar-refractivity contribution in [2.24, 2.45) is 43.8 Å². The molecule has 0 unspecified atom stereocenters. The first-order valence-corrected chi connectivity index (χ1v) is 28.4. The number of rotatable bonds is 3. The second kappa shape index (κ2) is 35.3. The normalized spacial score (nSPS) is 13.5. The zero-order valence-corrected chi connectivity index (χ0v) is 56.2. The fourth-order valence-corrected chi connectivity index (χ4v) is 5.95. The lowest BCUT2D eigenvalue weighted by Gasteiger charge is -2.23. The van der Waals surface area contributed by atoms with Crippen molar-refractivity contribution in [2.75, 3.05) is 0 Å². The van der Waals surface area contributed by atoms with E-state index in [9.17, 15) is 26.3 Å². The lowest BCUT2D eigenvalue weighted by molar-refractivity contribution is -0.152. The number of hydrogen-bond acceptors (Lipinski definition) is 2. The van der Waals surface area contributed by atoms with E-state index in [1.165, 1.54) is 69.1 Å². The van der Waals surface area contributed by atoms with Crippen LogP contribution in [0.25, 0.3) is 0 Å². The van der Waals surface area contributed by atoms with Crippen LogP contribution in [0, 0.1) is 57.7 Å². The molecule has 1 aromatic carbocycles. The summed E-state index contributed by atoms with van der Waals surface area (Å²) in [5.41, 5.74) is 3.86. The average molecular weight is 1110 g/mol. The maximum absolute atomic E-state index is 12.6. The predicted molar refractivity (Wildman–Crippen MR) is 320 cm³/mol. The molecular formula is C64H123Cl2F6NO. The molecule has 1 fully saturated rings. The monoisotopic (exact) mass is 1110 g/mol. The Morgan fingerprint density at radius 1 is 0.541 bits per heavy atom. The maximum atomic E-state index is 12.6. The fraction of sp³-hybridized carbons (Fsp3) is 0.859. The van der Waals surface area contributed by atoms with E-state index in [4.69, 9.17) is 27.7 Å². The lowest BCUT2D eigenvalue weighted by atomic mass is 9.83. The molecule has 2 aromatic rings. The second-order valence-corrected chi connectivity index (χ2v) is 31.9. The molecule has 1 aliphatic carbocycles. The van der Waals surface area contributed by atoms with Crippen LogP contribution in [0.4, 0.5) is 26.3 Å². The smallest absolute Gasteiger partial charge is 0.361 e. The van der Waals surface area contributed by atoms with E-state index in [-0.39, 0.29) is 15.7 Å². The van der Waals surface area contributed by atoms with Gasteiger partial charge in [-0.15, -0.1) is 23.2 Å². The summed E-state index contributed by atoms with van der Waals surface area (Å²) in [4.78, 5) is -0.257. The van der Waals surface area contributed by atoms with Crippen molar-refractivity contribution in [1.29, 1.82) is 0 Å². The molecule has 0 amide bonds. The molecule has 0 saturated heterocycles. The third-order valence-corrected chi connectivity index (χ3v) is 11.7. The Morgan fingerprint density at radius 2 is 0.892 bits per heavy atom. The molecule has 0 radical (unpaired) electrons. The second-order valence-electron chi connectivity index (χ2n) is 30.8. The van der Waals surface area contributed by atoms with Crippen LogP contribution in [0.15, 0.2) is 28.8 Å². The molecule has 1 heterocycles. The van der Waals surface area contributed by atoms with Crippen LogP contribution in [-0.4, -0.2) is 16.2 Å². The van der Waals surface area contributed by atoms with Gasteiger partial charge in [-0.05, 0) is 106 Å². The Balaban J connectivity index is -0.000000179. The topological polar surface area (TPSA) is 26.0 Å². The summed E-state index contributed by atoms with van der Waals surface area (Å²) < 4.78 is 77.5. The van der Waals surface area contributed by atoms with Crippen LogP contribution in [0.2, 0.25) is 0 Å². The lowest BCUT2D eigenvalue weighted by Crippen LogP contribution is -2.19. The Labute approximate surface area is 467 Å². The molecule has 0 aliphatic heterocycles. The average Bonchev–Trinajstić information content (AvgIpc) is 3.92. The Bertz CT molecular complexity index is 1570. The van der Waals surface area contributed by atoms with Gasteiger partial charge in [0.05, 0.1) is 11.3 Å². The van der Waals surface area contributed by atoms with E-state index in [0.717, 1.165) is 23.4 Å². The van der Waals surface area contributed by atoms with Crippen molar-refractivity contribution in [1.82, 2.24) is 5.16 Å². The number of halogens is 8. The zero-order chi connectivity index (χ0) is 61.1. The molecule has 1 aromatic heterocycles. The quantitative estimate of drug-likeness (QED) is 0.226. The van der Waals surface area contributed by atoms with Crippen molar-refractivity contribution in [3.05, 3.63) is 52.4 Å². The van der Waals surface area contributed by atoms with Crippen molar-refractivity contribution >= 4 is 23.2 Å². The maximum Gasteiger partial charge on any atom is 0.416 e. The fourth-order valence-electron chi connectivity index (χ4n) is 5.95. The third-order valence-electron chi connectivity index (χ3n) is 10.4. The molecule has 74 heavy (non-hydrogen) atoms. The summed E-state index contributed by atoms with van der Waals surface area (Å²) >= 11 is 11.0. The first-order valence-electron chi connectivity index (χ1n) is 27.5. The number of hydrogen-bond donors (Lipinski definition) is 0. The highest BCUT2D eigenvalue weighted by Gasteiger charge is 2.36. The third kappa shape index (κ3) is 63.1. The summed E-state index contributed by atoms with van der Waals surface area (Å²) in [6, 6.07) is 5.71. The zero-order valence-electron chi connectivity index (χ0n) is 54.7. The molecule has 0 spiro atoms. The molecule has 0 atom stereocenters. The summed E-state index contributed by atoms with van der Waals surface area (Å²) in [6.45, 7) is 69.3. The van der Waals surface area contributed by atoms with E-state index in [0.29, 0.717) is 32.6 Å². The van der Waals surface area contributed by atoms with Crippen LogP contribution in [0.5, 0.6) is 0 Å². The van der Waals surface area contributed by atoms with E-state index in [1.54, 1.807) is 47.6 Å². The van der Waals surface area contributed by atoms with Gasteiger partial charge in [0, 0.05) is 12.0 Å². The number of alkyl halides is 8. The van der Waals surface area contributed by atoms with E-state index < -0.39 is 35.2 Å². The van der Waals surface area contributed by atoms with Crippen LogP contribution in [-0.2, 0) is 17.0 Å². The van der Waals surface area contributed by atoms with E-state index in [2.05, 4.69) is 157 Å². The van der Waals surface area contributed by atoms with Crippen LogP contribution in [0.3, 0.4) is 0 Å². The minimum absolute atomic E-state index is 0.0309. The van der Waals surface area contributed by atoms with Crippen LogP contribution in [0.1, 0.15) is 301 Å². The van der Waals surface area contributed by atoms with Gasteiger partial charge in [-0.3, -0.25) is 0 Å². The molecule has 1 saturated carbocycles. The Morgan fingerprint density at radius 3 is 0.986 bits per heavy atom. The highest BCUT2D eigenvalue weighted by atomic mass is 35.5. The highest BCUT2D eigenvalue weighted by Crippen LogP contribution is 2.44. The van der Waals surface area contributed by atoms with Gasteiger partial charge in [0.15, 0.2) is 0 Å².